The van der Waals surface area contributed by atoms with Crippen molar-refractivity contribution < 1.29 is 0 Å². The largest absolute Gasteiger partial charge is 0.398 e. The van der Waals surface area contributed by atoms with Gasteiger partial charge < -0.3 is 5.73 Å². The fourth-order valence-corrected chi connectivity index (χ4v) is 3.88. The molecule has 5 aromatic carbocycles. The van der Waals surface area contributed by atoms with Gasteiger partial charge in [-0.1, -0.05) is 91.0 Å². The fourth-order valence-electron chi connectivity index (χ4n) is 3.88. The van der Waals surface area contributed by atoms with Crippen LogP contribution in [0.3, 0.4) is 0 Å². The Morgan fingerprint density at radius 1 is 0.552 bits per heavy atom. The van der Waals surface area contributed by atoms with Crippen LogP contribution < -0.4 is 5.73 Å². The molecule has 0 aliphatic carbocycles. The topological polar surface area (TPSA) is 38.4 Å². The second kappa shape index (κ2) is 7.25. The number of fused-ring (bicyclic) bond motifs is 2. The molecule has 5 rings (SSSR count). The van der Waals surface area contributed by atoms with Crippen molar-refractivity contribution in [1.29, 1.82) is 0 Å². The Kier molecular flexibility index (Phi) is 4.30. The highest BCUT2D eigenvalue weighted by Gasteiger charge is 2.15. The molecule has 0 amide bonds. The van der Waals surface area contributed by atoms with Crippen LogP contribution in [-0.4, -0.2) is 6.21 Å². The Balaban J connectivity index is 1.83. The molecule has 0 aliphatic rings. The van der Waals surface area contributed by atoms with Crippen LogP contribution in [0, 0.1) is 0 Å². The second-order valence-corrected chi connectivity index (χ2v) is 7.10. The smallest absolute Gasteiger partial charge is 0.0715 e. The summed E-state index contributed by atoms with van der Waals surface area (Å²) < 4.78 is 0. The number of aliphatic imine (C=N–C) groups is 1. The molecule has 0 radical (unpaired) electrons. The second-order valence-electron chi connectivity index (χ2n) is 7.10. The Morgan fingerprint density at radius 3 is 1.86 bits per heavy atom. The first kappa shape index (κ1) is 17.2. The maximum atomic E-state index is 6.53. The zero-order valence-electron chi connectivity index (χ0n) is 15.9. The Bertz CT molecular complexity index is 1350. The van der Waals surface area contributed by atoms with Gasteiger partial charge in [-0.2, -0.15) is 0 Å². The van der Waals surface area contributed by atoms with E-state index in [0.29, 0.717) is 0 Å². The van der Waals surface area contributed by atoms with E-state index in [1.54, 1.807) is 0 Å². The van der Waals surface area contributed by atoms with E-state index in [-0.39, 0.29) is 0 Å². The lowest BCUT2D eigenvalue weighted by molar-refractivity contribution is 1.54. The van der Waals surface area contributed by atoms with E-state index in [1.165, 1.54) is 10.8 Å². The van der Waals surface area contributed by atoms with E-state index in [9.17, 15) is 0 Å². The average Bonchev–Trinajstić information content (AvgIpc) is 2.78. The van der Waals surface area contributed by atoms with E-state index in [0.717, 1.165) is 38.8 Å². The van der Waals surface area contributed by atoms with Crippen molar-refractivity contribution in [3.63, 3.8) is 0 Å². The van der Waals surface area contributed by atoms with Gasteiger partial charge in [0.05, 0.1) is 5.69 Å². The molecule has 0 aromatic heterocycles. The first-order valence-electron chi connectivity index (χ1n) is 9.70. The first-order chi connectivity index (χ1) is 14.3. The molecule has 0 saturated carbocycles. The third-order valence-corrected chi connectivity index (χ3v) is 5.27. The molecule has 0 aliphatic heterocycles. The highest BCUT2D eigenvalue weighted by atomic mass is 14.7. The molecular formula is C27H20N2. The lowest BCUT2D eigenvalue weighted by Crippen LogP contribution is -1.93. The minimum atomic E-state index is 0.760. The molecule has 2 N–H and O–H groups in total. The molecule has 29 heavy (non-hydrogen) atoms. The zero-order valence-corrected chi connectivity index (χ0v) is 15.9. The molecule has 5 aromatic rings. The van der Waals surface area contributed by atoms with E-state index in [2.05, 4.69) is 78.9 Å². The summed E-state index contributed by atoms with van der Waals surface area (Å²) in [7, 11) is 0. The molecule has 138 valence electrons. The van der Waals surface area contributed by atoms with Crippen molar-refractivity contribution in [3.05, 3.63) is 109 Å². The van der Waals surface area contributed by atoms with Crippen molar-refractivity contribution >= 4 is 39.1 Å². The fraction of sp³-hybridized carbons (Fsp3) is 0. The van der Waals surface area contributed by atoms with E-state index in [1.807, 2.05) is 30.5 Å². The van der Waals surface area contributed by atoms with Crippen LogP contribution in [0.2, 0.25) is 0 Å². The van der Waals surface area contributed by atoms with Gasteiger partial charge >= 0.3 is 0 Å². The number of anilines is 1. The van der Waals surface area contributed by atoms with Crippen molar-refractivity contribution in [3.8, 4) is 11.1 Å². The molecule has 0 atom stereocenters. The molecule has 2 nitrogen and oxygen atoms in total. The number of hydrogen-bond acceptors (Lipinski definition) is 2. The third-order valence-electron chi connectivity index (χ3n) is 5.27. The normalized spacial score (nSPS) is 11.4. The highest BCUT2D eigenvalue weighted by molar-refractivity contribution is 6.13. The highest BCUT2D eigenvalue weighted by Crippen LogP contribution is 2.43. The van der Waals surface area contributed by atoms with Gasteiger partial charge in [0.15, 0.2) is 0 Å². The van der Waals surface area contributed by atoms with Crippen LogP contribution in [0.1, 0.15) is 5.56 Å². The third kappa shape index (κ3) is 3.15. The van der Waals surface area contributed by atoms with Gasteiger partial charge in [-0.15, -0.1) is 0 Å². The number of nitrogens with two attached hydrogens (primary N) is 1. The summed E-state index contributed by atoms with van der Waals surface area (Å²) in [5.41, 5.74) is 11.4. The summed E-state index contributed by atoms with van der Waals surface area (Å²) in [5, 5.41) is 4.63. The summed E-state index contributed by atoms with van der Waals surface area (Å²) >= 11 is 0. The minimum Gasteiger partial charge on any atom is -0.398 e. The number of nitrogen functional groups attached to an aromatic ring is 1. The van der Waals surface area contributed by atoms with Gasteiger partial charge in [0, 0.05) is 23.0 Å². The molecule has 0 spiro atoms. The lowest BCUT2D eigenvalue weighted by Gasteiger charge is -2.15. The van der Waals surface area contributed by atoms with Crippen molar-refractivity contribution in [1.82, 2.24) is 0 Å². The average molecular weight is 372 g/mol. The van der Waals surface area contributed by atoms with Crippen LogP contribution in [-0.2, 0) is 0 Å². The first-order valence-corrected chi connectivity index (χ1v) is 9.70. The van der Waals surface area contributed by atoms with Gasteiger partial charge in [-0.05, 0) is 39.2 Å². The van der Waals surface area contributed by atoms with Crippen LogP contribution in [0.5, 0.6) is 0 Å². The molecule has 0 heterocycles. The molecule has 0 fully saturated rings. The van der Waals surface area contributed by atoms with Crippen molar-refractivity contribution in [2.45, 2.75) is 0 Å². The molecular weight excluding hydrogens is 352 g/mol. The number of hydrogen-bond donors (Lipinski definition) is 1. The summed E-state index contributed by atoms with van der Waals surface area (Å²) in [6, 6.07) is 35.2. The minimum absolute atomic E-state index is 0.760. The zero-order chi connectivity index (χ0) is 19.6. The van der Waals surface area contributed by atoms with E-state index >= 15 is 0 Å². The predicted octanol–water partition coefficient (Wildman–Crippen LogP) is 6.99. The monoisotopic (exact) mass is 372 g/mol. The Hall–Kier alpha value is -3.91. The maximum Gasteiger partial charge on any atom is 0.0715 e. The summed E-state index contributed by atoms with van der Waals surface area (Å²) in [6.45, 7) is 0. The summed E-state index contributed by atoms with van der Waals surface area (Å²) in [6.07, 6.45) is 1.91. The standard InChI is InChI=1S/C27H20N2/c28-24-16-14-20-10-4-6-12-22(20)26(24)27-23-13-7-5-11-21(23)15-17-25(27)29-18-19-8-2-1-3-9-19/h1-18H,28H2. The van der Waals surface area contributed by atoms with Crippen LogP contribution in [0.25, 0.3) is 32.7 Å². The van der Waals surface area contributed by atoms with E-state index < -0.39 is 0 Å². The summed E-state index contributed by atoms with van der Waals surface area (Å²) in [4.78, 5) is 4.87. The van der Waals surface area contributed by atoms with Crippen molar-refractivity contribution in [2.24, 2.45) is 4.99 Å². The quantitative estimate of drug-likeness (QED) is 0.269. The Morgan fingerprint density at radius 2 is 1.14 bits per heavy atom. The molecule has 2 heteroatoms. The summed E-state index contributed by atoms with van der Waals surface area (Å²) in [5.74, 6) is 0. The van der Waals surface area contributed by atoms with Crippen LogP contribution in [0.15, 0.2) is 108 Å². The Labute approximate surface area is 170 Å². The molecule has 0 bridgehead atoms. The molecule has 0 unspecified atom stereocenters. The number of nitrogens with zero attached hydrogens (tertiary/aromatic N) is 1. The van der Waals surface area contributed by atoms with Gasteiger partial charge in [-0.25, -0.2) is 0 Å². The lowest BCUT2D eigenvalue weighted by atomic mass is 9.91. The van der Waals surface area contributed by atoms with Crippen molar-refractivity contribution in [2.75, 3.05) is 5.73 Å². The number of benzene rings is 5. The van der Waals surface area contributed by atoms with Gasteiger partial charge in [0.2, 0.25) is 0 Å². The predicted molar refractivity (Wildman–Crippen MR) is 125 cm³/mol. The van der Waals surface area contributed by atoms with Gasteiger partial charge in [0.1, 0.15) is 0 Å². The van der Waals surface area contributed by atoms with E-state index in [4.69, 9.17) is 10.7 Å². The van der Waals surface area contributed by atoms with Gasteiger partial charge in [0.25, 0.3) is 0 Å². The number of rotatable bonds is 3. The van der Waals surface area contributed by atoms with Crippen LogP contribution in [0.4, 0.5) is 11.4 Å². The maximum absolute atomic E-state index is 6.53. The van der Waals surface area contributed by atoms with Crippen LogP contribution >= 0.6 is 0 Å². The van der Waals surface area contributed by atoms with Gasteiger partial charge in [-0.3, -0.25) is 4.99 Å². The SMILES string of the molecule is Nc1ccc2ccccc2c1-c1c(N=Cc2ccccc2)ccc2ccccc12. The molecule has 0 saturated heterocycles.